The number of benzene rings is 2. The zero-order valence-corrected chi connectivity index (χ0v) is 14.6. The lowest BCUT2D eigenvalue weighted by atomic mass is 9.93. The lowest BCUT2D eigenvalue weighted by molar-refractivity contribution is -0.131. The molecule has 1 aliphatic carbocycles. The molecular weight excluding hydrogens is 326 g/mol. The molecule has 1 saturated carbocycles. The third-order valence-corrected chi connectivity index (χ3v) is 5.27. The molecule has 4 rings (SSSR count). The molecule has 0 bridgehead atoms. The highest BCUT2D eigenvalue weighted by atomic mass is 16.3. The second kappa shape index (κ2) is 6.45. The normalized spacial score (nSPS) is 21.2. The van der Waals surface area contributed by atoms with Gasteiger partial charge < -0.3 is 10.0 Å². The van der Waals surface area contributed by atoms with Crippen LogP contribution in [0.5, 0.6) is 0 Å². The summed E-state index contributed by atoms with van der Waals surface area (Å²) in [7, 11) is 0. The summed E-state index contributed by atoms with van der Waals surface area (Å²) in [6.07, 6.45) is 1.67. The molecule has 1 N–H and O–H groups in total. The largest absolute Gasteiger partial charge is 0.503 e. The summed E-state index contributed by atoms with van der Waals surface area (Å²) >= 11 is 0. The van der Waals surface area contributed by atoms with Gasteiger partial charge in [0.05, 0.1) is 17.7 Å². The van der Waals surface area contributed by atoms with Gasteiger partial charge >= 0.3 is 0 Å². The van der Waals surface area contributed by atoms with E-state index in [1.807, 2.05) is 67.6 Å². The van der Waals surface area contributed by atoms with Crippen LogP contribution >= 0.6 is 0 Å². The highest BCUT2D eigenvalue weighted by molar-refractivity contribution is 6.10. The molecule has 2 atom stereocenters. The van der Waals surface area contributed by atoms with E-state index in [9.17, 15) is 14.7 Å². The third kappa shape index (κ3) is 2.71. The van der Waals surface area contributed by atoms with Crippen LogP contribution in [0.15, 0.2) is 72.0 Å². The maximum atomic E-state index is 12.9. The molecule has 4 nitrogen and oxygen atoms in total. The topological polar surface area (TPSA) is 57.6 Å². The van der Waals surface area contributed by atoms with Crippen molar-refractivity contribution in [1.29, 1.82) is 0 Å². The zero-order chi connectivity index (χ0) is 18.3. The van der Waals surface area contributed by atoms with Crippen molar-refractivity contribution in [2.75, 3.05) is 0 Å². The van der Waals surface area contributed by atoms with Gasteiger partial charge in [0.1, 0.15) is 0 Å². The molecule has 1 amide bonds. The van der Waals surface area contributed by atoms with E-state index in [-0.39, 0.29) is 23.3 Å². The van der Waals surface area contributed by atoms with Crippen molar-refractivity contribution in [3.8, 4) is 0 Å². The number of Topliss-reactive ketones (excluding diaryl/α,β-unsaturated/α-hetero) is 1. The first-order chi connectivity index (χ1) is 12.6. The fraction of sp³-hybridized carbons (Fsp3) is 0.273. The molecule has 26 heavy (non-hydrogen) atoms. The minimum atomic E-state index is -0.549. The van der Waals surface area contributed by atoms with E-state index in [2.05, 4.69) is 0 Å². The highest BCUT2D eigenvalue weighted by Crippen LogP contribution is 2.46. The smallest absolute Gasteiger partial charge is 0.290 e. The van der Waals surface area contributed by atoms with Crippen LogP contribution in [-0.4, -0.2) is 21.7 Å². The van der Waals surface area contributed by atoms with Gasteiger partial charge in [-0.1, -0.05) is 60.7 Å². The first-order valence-corrected chi connectivity index (χ1v) is 8.99. The Hall–Kier alpha value is -2.88. The van der Waals surface area contributed by atoms with Crippen LogP contribution < -0.4 is 0 Å². The molecule has 2 aromatic carbocycles. The molecule has 4 heteroatoms. The minimum Gasteiger partial charge on any atom is -0.503 e. The van der Waals surface area contributed by atoms with Crippen LogP contribution in [-0.2, 0) is 9.59 Å². The Morgan fingerprint density at radius 1 is 1.04 bits per heavy atom. The average molecular weight is 347 g/mol. The summed E-state index contributed by atoms with van der Waals surface area (Å²) in [5.41, 5.74) is 2.07. The van der Waals surface area contributed by atoms with E-state index in [4.69, 9.17) is 0 Å². The summed E-state index contributed by atoms with van der Waals surface area (Å²) in [5, 5.41) is 10.6. The van der Waals surface area contributed by atoms with Crippen molar-refractivity contribution in [2.24, 2.45) is 5.92 Å². The first kappa shape index (κ1) is 16.6. The molecule has 0 spiro atoms. The molecule has 1 fully saturated rings. The van der Waals surface area contributed by atoms with Gasteiger partial charge in [0, 0.05) is 5.92 Å². The minimum absolute atomic E-state index is 0.0573. The van der Waals surface area contributed by atoms with Gasteiger partial charge in [-0.05, 0) is 30.9 Å². The van der Waals surface area contributed by atoms with E-state index >= 15 is 0 Å². The van der Waals surface area contributed by atoms with Crippen molar-refractivity contribution in [2.45, 2.75) is 31.8 Å². The van der Waals surface area contributed by atoms with Gasteiger partial charge in [-0.25, -0.2) is 0 Å². The predicted octanol–water partition coefficient (Wildman–Crippen LogP) is 4.12. The molecule has 2 aliphatic rings. The van der Waals surface area contributed by atoms with Gasteiger partial charge in [-0.15, -0.1) is 0 Å². The number of ketones is 1. The van der Waals surface area contributed by atoms with Crippen LogP contribution in [0.2, 0.25) is 0 Å². The number of aliphatic hydroxyl groups is 1. The number of nitrogens with zero attached hydrogens (tertiary/aromatic N) is 1. The van der Waals surface area contributed by atoms with Crippen molar-refractivity contribution >= 4 is 11.7 Å². The SMILES string of the molecule is C[C@@H](c1ccccc1)N1C(=O)C(O)=C(C(=O)C2CC2)[C@@H]1c1ccccc1. The number of rotatable bonds is 5. The summed E-state index contributed by atoms with van der Waals surface area (Å²) in [6.45, 7) is 1.93. The maximum Gasteiger partial charge on any atom is 0.290 e. The molecule has 0 aromatic heterocycles. The second-order valence-corrected chi connectivity index (χ2v) is 7.01. The summed E-state index contributed by atoms with van der Waals surface area (Å²) in [4.78, 5) is 27.4. The van der Waals surface area contributed by atoms with Crippen LogP contribution in [0, 0.1) is 5.92 Å². The maximum absolute atomic E-state index is 12.9. The number of amides is 1. The molecular formula is C22H21NO3. The number of carbonyl (C=O) groups is 2. The molecule has 0 radical (unpaired) electrons. The summed E-state index contributed by atoms with van der Waals surface area (Å²) in [6, 6.07) is 18.4. The Balaban J connectivity index is 1.80. The fourth-order valence-corrected chi connectivity index (χ4v) is 3.69. The molecule has 0 unspecified atom stereocenters. The number of hydrogen-bond acceptors (Lipinski definition) is 3. The molecule has 1 aliphatic heterocycles. The van der Waals surface area contributed by atoms with E-state index in [1.54, 1.807) is 4.90 Å². The van der Waals surface area contributed by atoms with E-state index in [1.165, 1.54) is 0 Å². The number of carbonyl (C=O) groups excluding carboxylic acids is 2. The Kier molecular flexibility index (Phi) is 4.11. The Morgan fingerprint density at radius 2 is 1.62 bits per heavy atom. The molecule has 2 aromatic rings. The van der Waals surface area contributed by atoms with Crippen LogP contribution in [0.3, 0.4) is 0 Å². The lowest BCUT2D eigenvalue weighted by Gasteiger charge is -2.32. The van der Waals surface area contributed by atoms with Crippen molar-refractivity contribution in [3.05, 3.63) is 83.1 Å². The van der Waals surface area contributed by atoms with E-state index < -0.39 is 17.7 Å². The van der Waals surface area contributed by atoms with Gasteiger partial charge in [-0.2, -0.15) is 0 Å². The van der Waals surface area contributed by atoms with Crippen molar-refractivity contribution < 1.29 is 14.7 Å². The molecule has 132 valence electrons. The summed E-state index contributed by atoms with van der Waals surface area (Å²) < 4.78 is 0. The Labute approximate surface area is 152 Å². The van der Waals surface area contributed by atoms with E-state index in [0.717, 1.165) is 24.0 Å². The van der Waals surface area contributed by atoms with Gasteiger partial charge in [0.2, 0.25) is 0 Å². The average Bonchev–Trinajstić information content (AvgIpc) is 3.49. The van der Waals surface area contributed by atoms with Crippen molar-refractivity contribution in [3.63, 3.8) is 0 Å². The fourth-order valence-electron chi connectivity index (χ4n) is 3.69. The van der Waals surface area contributed by atoms with Crippen molar-refractivity contribution in [1.82, 2.24) is 4.90 Å². The molecule has 1 heterocycles. The highest BCUT2D eigenvalue weighted by Gasteiger charge is 2.48. The summed E-state index contributed by atoms with van der Waals surface area (Å²) in [5.74, 6) is -1.01. The third-order valence-electron chi connectivity index (χ3n) is 5.27. The van der Waals surface area contributed by atoms with Gasteiger partial charge in [-0.3, -0.25) is 9.59 Å². The zero-order valence-electron chi connectivity index (χ0n) is 14.6. The van der Waals surface area contributed by atoms with Gasteiger partial charge in [0.15, 0.2) is 11.5 Å². The van der Waals surface area contributed by atoms with Gasteiger partial charge in [0.25, 0.3) is 5.91 Å². The number of aliphatic hydroxyl groups excluding tert-OH is 1. The van der Waals surface area contributed by atoms with Crippen LogP contribution in [0.1, 0.15) is 43.0 Å². The predicted molar refractivity (Wildman–Crippen MR) is 98.3 cm³/mol. The number of hydrogen-bond donors (Lipinski definition) is 1. The van der Waals surface area contributed by atoms with Crippen LogP contribution in [0.25, 0.3) is 0 Å². The second-order valence-electron chi connectivity index (χ2n) is 7.01. The standard InChI is InChI=1S/C22H21NO3/c1-14(15-8-4-2-5-9-15)23-19(16-10-6-3-7-11-16)18(21(25)22(23)26)20(24)17-12-13-17/h2-11,14,17,19,25H,12-13H2,1H3/t14-,19-/m0/s1. The Bertz CT molecular complexity index is 869. The first-order valence-electron chi connectivity index (χ1n) is 8.99. The molecule has 0 saturated heterocycles. The van der Waals surface area contributed by atoms with Crippen LogP contribution in [0.4, 0.5) is 0 Å². The lowest BCUT2D eigenvalue weighted by Crippen LogP contribution is -2.33. The van der Waals surface area contributed by atoms with E-state index in [0.29, 0.717) is 0 Å². The quantitative estimate of drug-likeness (QED) is 0.885. The Morgan fingerprint density at radius 3 is 2.19 bits per heavy atom. The monoisotopic (exact) mass is 347 g/mol.